The molecular weight excluding hydrogens is 410 g/mol. The molecule has 2 aromatic carbocycles. The number of nitrogens with two attached hydrogens (primary N) is 1. The van der Waals surface area contributed by atoms with E-state index in [9.17, 15) is 0 Å². The highest BCUT2D eigenvalue weighted by Crippen LogP contribution is 2.31. The highest BCUT2D eigenvalue weighted by molar-refractivity contribution is 6.10. The second-order valence-corrected chi connectivity index (χ2v) is 7.92. The second kappa shape index (κ2) is 10.2. The van der Waals surface area contributed by atoms with Crippen molar-refractivity contribution in [3.8, 4) is 17.2 Å². The third-order valence-electron chi connectivity index (χ3n) is 5.51. The number of methoxy groups -OCH3 is 1. The summed E-state index contributed by atoms with van der Waals surface area (Å²) in [5.41, 5.74) is 12.4. The molecule has 0 amide bonds. The Balaban J connectivity index is 1.54. The second-order valence-electron chi connectivity index (χ2n) is 7.92. The summed E-state index contributed by atoms with van der Waals surface area (Å²) in [6.45, 7) is 2.68. The number of aromatic nitrogens is 1. The average Bonchev–Trinajstić information content (AvgIpc) is 3.42. The Labute approximate surface area is 195 Å². The summed E-state index contributed by atoms with van der Waals surface area (Å²) in [6.07, 6.45) is 9.03. The third kappa shape index (κ3) is 5.33. The number of allylic oxidation sites excluding steroid dienone is 3. The van der Waals surface area contributed by atoms with Gasteiger partial charge in [-0.1, -0.05) is 18.2 Å². The molecule has 1 aliphatic heterocycles. The summed E-state index contributed by atoms with van der Waals surface area (Å²) >= 11 is 0. The lowest BCUT2D eigenvalue weighted by Gasteiger charge is -2.11. The number of nitrogens with zero attached hydrogens (tertiary/aromatic N) is 2. The summed E-state index contributed by atoms with van der Waals surface area (Å²) in [6, 6.07) is 19.7. The van der Waals surface area contributed by atoms with Gasteiger partial charge in [-0.2, -0.15) is 0 Å². The molecule has 168 valence electrons. The predicted octanol–water partition coefficient (Wildman–Crippen LogP) is 6.00. The maximum absolute atomic E-state index is 5.98. The number of ether oxygens (including phenoxy) is 2. The fraction of sp³-hybridized carbons (Fsp3) is 0.179. The Bertz CT molecular complexity index is 1240. The number of aryl methyl sites for hydroxylation is 1. The van der Waals surface area contributed by atoms with Crippen LogP contribution in [0.2, 0.25) is 0 Å². The maximum Gasteiger partial charge on any atom is 0.128 e. The lowest BCUT2D eigenvalue weighted by molar-refractivity contribution is 0.413. The minimum atomic E-state index is 0.582. The molecule has 2 heterocycles. The zero-order chi connectivity index (χ0) is 23.2. The highest BCUT2D eigenvalue weighted by atomic mass is 16.5. The van der Waals surface area contributed by atoms with Gasteiger partial charge in [0.15, 0.2) is 0 Å². The van der Waals surface area contributed by atoms with Gasteiger partial charge in [0, 0.05) is 24.5 Å². The normalized spacial score (nSPS) is 14.9. The summed E-state index contributed by atoms with van der Waals surface area (Å²) < 4.78 is 13.3. The van der Waals surface area contributed by atoms with Crippen LogP contribution >= 0.6 is 0 Å². The van der Waals surface area contributed by atoms with Crippen LogP contribution < -0.4 is 15.2 Å². The molecule has 5 heteroatoms. The largest absolute Gasteiger partial charge is 0.497 e. The van der Waals surface area contributed by atoms with E-state index in [-0.39, 0.29) is 0 Å². The van der Waals surface area contributed by atoms with Gasteiger partial charge < -0.3 is 19.8 Å². The highest BCUT2D eigenvalue weighted by Gasteiger charge is 2.17. The molecule has 3 aromatic rings. The van der Waals surface area contributed by atoms with Crippen molar-refractivity contribution in [2.75, 3.05) is 13.7 Å². The third-order valence-corrected chi connectivity index (χ3v) is 5.51. The SMILES string of the molecule is COc1ccc(Oc2cccc(/C=C/C3=NC(=C(/CCN)c4cccn4C)/C(C)=C3)c2)cc1. The first-order chi connectivity index (χ1) is 16.1. The summed E-state index contributed by atoms with van der Waals surface area (Å²) in [5.74, 6) is 2.34. The summed E-state index contributed by atoms with van der Waals surface area (Å²) in [7, 11) is 3.70. The molecule has 4 rings (SSSR count). The topological polar surface area (TPSA) is 61.8 Å². The van der Waals surface area contributed by atoms with Crippen molar-refractivity contribution in [1.82, 2.24) is 4.57 Å². The molecule has 0 radical (unpaired) electrons. The number of benzene rings is 2. The Morgan fingerprint density at radius 3 is 2.48 bits per heavy atom. The van der Waals surface area contributed by atoms with E-state index in [4.69, 9.17) is 20.2 Å². The molecule has 0 saturated heterocycles. The van der Waals surface area contributed by atoms with Gasteiger partial charge >= 0.3 is 0 Å². The molecule has 2 N–H and O–H groups in total. The van der Waals surface area contributed by atoms with Gasteiger partial charge in [-0.05, 0) is 91.7 Å². The van der Waals surface area contributed by atoms with Crippen molar-refractivity contribution in [2.24, 2.45) is 17.8 Å². The number of aliphatic imine (C=N–C) groups is 1. The van der Waals surface area contributed by atoms with Crippen molar-refractivity contribution in [3.05, 3.63) is 102 Å². The van der Waals surface area contributed by atoms with Gasteiger partial charge in [0.2, 0.25) is 0 Å². The van der Waals surface area contributed by atoms with E-state index in [1.165, 1.54) is 5.57 Å². The van der Waals surface area contributed by atoms with Crippen molar-refractivity contribution in [2.45, 2.75) is 13.3 Å². The van der Waals surface area contributed by atoms with Crippen molar-refractivity contribution in [3.63, 3.8) is 0 Å². The van der Waals surface area contributed by atoms with Gasteiger partial charge in [-0.15, -0.1) is 0 Å². The average molecular weight is 440 g/mol. The molecule has 0 fully saturated rings. The van der Waals surface area contributed by atoms with E-state index >= 15 is 0 Å². The minimum Gasteiger partial charge on any atom is -0.497 e. The molecule has 0 unspecified atom stereocenters. The van der Waals surface area contributed by atoms with E-state index in [0.29, 0.717) is 6.54 Å². The molecule has 1 aliphatic rings. The Morgan fingerprint density at radius 2 is 1.79 bits per heavy atom. The molecule has 0 aliphatic carbocycles. The van der Waals surface area contributed by atoms with E-state index in [1.807, 2.05) is 73.9 Å². The monoisotopic (exact) mass is 439 g/mol. The lowest BCUT2D eigenvalue weighted by atomic mass is 10.0. The zero-order valence-electron chi connectivity index (χ0n) is 19.3. The molecule has 33 heavy (non-hydrogen) atoms. The van der Waals surface area contributed by atoms with E-state index < -0.39 is 0 Å². The van der Waals surface area contributed by atoms with Crippen LogP contribution in [0.4, 0.5) is 0 Å². The van der Waals surface area contributed by atoms with Crippen LogP contribution in [-0.2, 0) is 7.05 Å². The van der Waals surface area contributed by atoms with Crippen LogP contribution in [0, 0.1) is 0 Å². The van der Waals surface area contributed by atoms with Crippen LogP contribution in [0.15, 0.2) is 95.3 Å². The van der Waals surface area contributed by atoms with Crippen molar-refractivity contribution < 1.29 is 9.47 Å². The van der Waals surface area contributed by atoms with Crippen LogP contribution in [0.5, 0.6) is 17.2 Å². The van der Waals surface area contributed by atoms with Crippen molar-refractivity contribution >= 4 is 17.4 Å². The van der Waals surface area contributed by atoms with Crippen LogP contribution in [-0.4, -0.2) is 23.9 Å². The first kappa shape index (κ1) is 22.4. The fourth-order valence-electron chi connectivity index (χ4n) is 3.86. The maximum atomic E-state index is 5.98. The van der Waals surface area contributed by atoms with Gasteiger partial charge in [-0.25, -0.2) is 4.99 Å². The predicted molar refractivity (Wildman–Crippen MR) is 136 cm³/mol. The minimum absolute atomic E-state index is 0.582. The number of hydrogen-bond donors (Lipinski definition) is 1. The van der Waals surface area contributed by atoms with E-state index in [0.717, 1.165) is 51.9 Å². The molecule has 1 aromatic heterocycles. The van der Waals surface area contributed by atoms with Crippen LogP contribution in [0.3, 0.4) is 0 Å². The number of rotatable bonds is 8. The summed E-state index contributed by atoms with van der Waals surface area (Å²) in [5, 5.41) is 0. The molecule has 0 spiro atoms. The van der Waals surface area contributed by atoms with E-state index in [1.54, 1.807) is 7.11 Å². The molecular formula is C28H29N3O2. The van der Waals surface area contributed by atoms with Gasteiger partial charge in [0.25, 0.3) is 0 Å². The summed E-state index contributed by atoms with van der Waals surface area (Å²) in [4.78, 5) is 4.91. The Hall–Kier alpha value is -3.83. The molecule has 0 bridgehead atoms. The smallest absolute Gasteiger partial charge is 0.128 e. The molecule has 0 atom stereocenters. The fourth-order valence-corrected chi connectivity index (χ4v) is 3.86. The first-order valence-corrected chi connectivity index (χ1v) is 11.0. The van der Waals surface area contributed by atoms with Crippen molar-refractivity contribution in [1.29, 1.82) is 0 Å². The standard InChI is InChI=1S/C28H29N3O2/c1-20-18-22(30-28(20)26(15-16-29)27-8-5-17-31(27)2)10-9-21-6-4-7-25(19-21)33-24-13-11-23(32-3)12-14-24/h4-14,17-19H,15-16,29H2,1-3H3/b10-9+,28-26-. The first-order valence-electron chi connectivity index (χ1n) is 11.0. The molecule has 0 saturated carbocycles. The molecule has 5 nitrogen and oxygen atoms in total. The number of hydrogen-bond acceptors (Lipinski definition) is 4. The van der Waals surface area contributed by atoms with Gasteiger partial charge in [0.1, 0.15) is 17.2 Å². The zero-order valence-corrected chi connectivity index (χ0v) is 19.3. The lowest BCUT2D eigenvalue weighted by Crippen LogP contribution is -2.05. The Morgan fingerprint density at radius 1 is 1.00 bits per heavy atom. The van der Waals surface area contributed by atoms with Gasteiger partial charge in [0.05, 0.1) is 18.5 Å². The quantitative estimate of drug-likeness (QED) is 0.468. The van der Waals surface area contributed by atoms with Crippen LogP contribution in [0.25, 0.3) is 11.6 Å². The Kier molecular flexibility index (Phi) is 6.91. The van der Waals surface area contributed by atoms with Gasteiger partial charge in [-0.3, -0.25) is 0 Å². The van der Waals surface area contributed by atoms with E-state index in [2.05, 4.69) is 29.7 Å². The van der Waals surface area contributed by atoms with Crippen LogP contribution in [0.1, 0.15) is 24.6 Å².